The van der Waals surface area contributed by atoms with Crippen molar-refractivity contribution in [3.63, 3.8) is 0 Å². The molecule has 1 saturated heterocycles. The second-order valence-corrected chi connectivity index (χ2v) is 11.0. The van der Waals surface area contributed by atoms with Crippen molar-refractivity contribution in [2.45, 2.75) is 91.7 Å². The molecule has 29 heavy (non-hydrogen) atoms. The number of likely N-dealkylation sites (tertiary alicyclic amines) is 1. The highest BCUT2D eigenvalue weighted by Crippen LogP contribution is 2.29. The van der Waals surface area contributed by atoms with Crippen molar-refractivity contribution in [3.8, 4) is 0 Å². The number of carbonyl (C=O) groups excluding carboxylic acids is 2. The van der Waals surface area contributed by atoms with Gasteiger partial charge in [-0.1, -0.05) is 20.8 Å². The smallest absolute Gasteiger partial charge is 0.410 e. The van der Waals surface area contributed by atoms with Gasteiger partial charge in [0, 0.05) is 24.6 Å². The number of hydrogen-bond acceptors (Lipinski definition) is 4. The van der Waals surface area contributed by atoms with Gasteiger partial charge in [-0.3, -0.25) is 4.79 Å². The van der Waals surface area contributed by atoms with E-state index in [1.165, 1.54) is 0 Å². The number of ether oxygens (including phenoxy) is 1. The quantitative estimate of drug-likeness (QED) is 0.783. The summed E-state index contributed by atoms with van der Waals surface area (Å²) in [4.78, 5) is 27.1. The van der Waals surface area contributed by atoms with Crippen LogP contribution in [0.3, 0.4) is 0 Å². The van der Waals surface area contributed by atoms with Crippen LogP contribution in [-0.2, 0) is 20.5 Å². The van der Waals surface area contributed by atoms with Gasteiger partial charge in [-0.2, -0.15) is 5.10 Å². The van der Waals surface area contributed by atoms with E-state index in [0.29, 0.717) is 18.9 Å². The second kappa shape index (κ2) is 8.00. The third-order valence-electron chi connectivity index (χ3n) is 4.81. The molecule has 0 saturated carbocycles. The Labute approximate surface area is 175 Å². The molecule has 2 rings (SSSR count). The van der Waals surface area contributed by atoms with Crippen LogP contribution in [0.25, 0.3) is 0 Å². The largest absolute Gasteiger partial charge is 0.444 e. The van der Waals surface area contributed by atoms with Gasteiger partial charge in [0.1, 0.15) is 11.4 Å². The summed E-state index contributed by atoms with van der Waals surface area (Å²) in [7, 11) is 0. The number of nitrogens with zero attached hydrogens (tertiary/aromatic N) is 3. The summed E-state index contributed by atoms with van der Waals surface area (Å²) < 4.78 is 7.34. The van der Waals surface area contributed by atoms with Crippen molar-refractivity contribution in [3.05, 3.63) is 11.8 Å². The van der Waals surface area contributed by atoms with E-state index in [4.69, 9.17) is 9.84 Å². The zero-order chi connectivity index (χ0) is 22.2. The summed E-state index contributed by atoms with van der Waals surface area (Å²) in [6, 6.07) is 1.96. The molecule has 2 heterocycles. The lowest BCUT2D eigenvalue weighted by Gasteiger charge is -2.33. The molecule has 1 aliphatic heterocycles. The van der Waals surface area contributed by atoms with Crippen LogP contribution in [-0.4, -0.2) is 45.4 Å². The highest BCUT2D eigenvalue weighted by molar-refractivity contribution is 5.92. The molecule has 1 unspecified atom stereocenters. The molecule has 0 aromatic carbocycles. The van der Waals surface area contributed by atoms with Crippen molar-refractivity contribution in [2.24, 2.45) is 5.92 Å². The average molecular weight is 407 g/mol. The fourth-order valence-electron chi connectivity index (χ4n) is 3.26. The molecule has 1 fully saturated rings. The molecular weight excluding hydrogens is 368 g/mol. The van der Waals surface area contributed by atoms with Crippen LogP contribution in [0.1, 0.15) is 80.8 Å². The third kappa shape index (κ3) is 6.21. The van der Waals surface area contributed by atoms with Crippen molar-refractivity contribution >= 4 is 17.8 Å². The molecule has 2 amide bonds. The van der Waals surface area contributed by atoms with Gasteiger partial charge < -0.3 is 15.0 Å². The van der Waals surface area contributed by atoms with Crippen LogP contribution in [0.4, 0.5) is 10.6 Å². The molecule has 164 valence electrons. The minimum Gasteiger partial charge on any atom is -0.444 e. The van der Waals surface area contributed by atoms with E-state index >= 15 is 0 Å². The van der Waals surface area contributed by atoms with Gasteiger partial charge >= 0.3 is 6.09 Å². The van der Waals surface area contributed by atoms with Crippen molar-refractivity contribution in [2.75, 3.05) is 18.4 Å². The Balaban J connectivity index is 2.15. The van der Waals surface area contributed by atoms with Crippen molar-refractivity contribution in [1.82, 2.24) is 14.7 Å². The maximum absolute atomic E-state index is 13.0. The first-order chi connectivity index (χ1) is 13.1. The molecule has 1 aromatic heterocycles. The lowest BCUT2D eigenvalue weighted by atomic mass is 9.92. The summed E-state index contributed by atoms with van der Waals surface area (Å²) in [5.74, 6) is 0.351. The van der Waals surface area contributed by atoms with Crippen molar-refractivity contribution < 1.29 is 14.3 Å². The molecule has 7 heteroatoms. The Morgan fingerprint density at radius 3 is 2.24 bits per heavy atom. The maximum atomic E-state index is 13.0. The Kier molecular flexibility index (Phi) is 6.40. The zero-order valence-electron chi connectivity index (χ0n) is 19.5. The van der Waals surface area contributed by atoms with Gasteiger partial charge in [-0.25, -0.2) is 9.48 Å². The van der Waals surface area contributed by atoms with E-state index in [1.807, 2.05) is 31.5 Å². The first-order valence-corrected chi connectivity index (χ1v) is 10.5. The summed E-state index contributed by atoms with van der Waals surface area (Å²) in [6.07, 6.45) is 1.18. The van der Waals surface area contributed by atoms with E-state index in [2.05, 4.69) is 46.9 Å². The molecule has 7 nitrogen and oxygen atoms in total. The Morgan fingerprint density at radius 2 is 1.72 bits per heavy atom. The highest BCUT2D eigenvalue weighted by Gasteiger charge is 2.32. The predicted octanol–water partition coefficient (Wildman–Crippen LogP) is 4.52. The zero-order valence-corrected chi connectivity index (χ0v) is 19.5. The molecule has 0 aliphatic carbocycles. The van der Waals surface area contributed by atoms with E-state index in [0.717, 1.165) is 18.5 Å². The van der Waals surface area contributed by atoms with Gasteiger partial charge in [0.2, 0.25) is 5.91 Å². The molecule has 1 aliphatic rings. The fourth-order valence-corrected chi connectivity index (χ4v) is 3.26. The number of aromatic nitrogens is 2. The summed E-state index contributed by atoms with van der Waals surface area (Å²) in [5, 5.41) is 7.82. The molecule has 1 N–H and O–H groups in total. The molecule has 0 bridgehead atoms. The fraction of sp³-hybridized carbons (Fsp3) is 0.773. The number of piperidine rings is 1. The SMILES string of the molecule is CC(C)(C)OC(=O)N1CCCC(C(=O)Nc2cc(C(C)(C)C)nn2C(C)(C)C)C1. The average Bonchev–Trinajstić information content (AvgIpc) is 2.97. The lowest BCUT2D eigenvalue weighted by molar-refractivity contribution is -0.121. The van der Waals surface area contributed by atoms with E-state index < -0.39 is 5.60 Å². The Hall–Kier alpha value is -2.05. The van der Waals surface area contributed by atoms with Crippen LogP contribution in [0.5, 0.6) is 0 Å². The first-order valence-electron chi connectivity index (χ1n) is 10.5. The van der Waals surface area contributed by atoms with Gasteiger partial charge in [0.25, 0.3) is 0 Å². The van der Waals surface area contributed by atoms with Crippen LogP contribution in [0.2, 0.25) is 0 Å². The van der Waals surface area contributed by atoms with E-state index in [1.54, 1.807) is 4.90 Å². The molecule has 1 aromatic rings. The molecule has 0 spiro atoms. The topological polar surface area (TPSA) is 76.5 Å². The van der Waals surface area contributed by atoms with Gasteiger partial charge in [0.05, 0.1) is 17.2 Å². The number of carbonyl (C=O) groups is 2. The van der Waals surface area contributed by atoms with Gasteiger partial charge in [0.15, 0.2) is 0 Å². The van der Waals surface area contributed by atoms with E-state index in [-0.39, 0.29) is 28.9 Å². The number of rotatable bonds is 2. The number of anilines is 1. The molecule has 0 radical (unpaired) electrons. The molecule has 1 atom stereocenters. The van der Waals surface area contributed by atoms with Crippen LogP contribution in [0.15, 0.2) is 6.07 Å². The van der Waals surface area contributed by atoms with Crippen LogP contribution in [0, 0.1) is 5.92 Å². The number of nitrogens with one attached hydrogen (secondary N) is 1. The maximum Gasteiger partial charge on any atom is 0.410 e. The van der Waals surface area contributed by atoms with Gasteiger partial charge in [-0.15, -0.1) is 0 Å². The second-order valence-electron chi connectivity index (χ2n) is 11.0. The Bertz CT molecular complexity index is 748. The van der Waals surface area contributed by atoms with Crippen LogP contribution >= 0.6 is 0 Å². The van der Waals surface area contributed by atoms with Crippen LogP contribution < -0.4 is 5.32 Å². The Morgan fingerprint density at radius 1 is 1.10 bits per heavy atom. The standard InChI is InChI=1S/C22H38N4O3/c1-20(2,3)16-13-17(26(24-16)21(4,5)6)23-18(27)15-11-10-12-25(14-15)19(28)29-22(7,8)9/h13,15H,10-12,14H2,1-9H3,(H,23,27). The molecular formula is C22H38N4O3. The number of hydrogen-bond donors (Lipinski definition) is 1. The lowest BCUT2D eigenvalue weighted by Crippen LogP contribution is -2.46. The van der Waals surface area contributed by atoms with Gasteiger partial charge in [-0.05, 0) is 54.4 Å². The summed E-state index contributed by atoms with van der Waals surface area (Å²) >= 11 is 0. The monoisotopic (exact) mass is 406 g/mol. The normalized spacial score (nSPS) is 18.5. The van der Waals surface area contributed by atoms with Crippen molar-refractivity contribution in [1.29, 1.82) is 0 Å². The third-order valence-corrected chi connectivity index (χ3v) is 4.81. The highest BCUT2D eigenvalue weighted by atomic mass is 16.6. The summed E-state index contributed by atoms with van der Waals surface area (Å²) in [6.45, 7) is 19.0. The summed E-state index contributed by atoms with van der Waals surface area (Å²) in [5.41, 5.74) is 0.00599. The minimum absolute atomic E-state index is 0.0795. The first kappa shape index (κ1) is 23.2. The number of amides is 2. The minimum atomic E-state index is -0.547. The predicted molar refractivity (Wildman–Crippen MR) is 115 cm³/mol. The van der Waals surface area contributed by atoms with E-state index in [9.17, 15) is 9.59 Å².